The lowest BCUT2D eigenvalue weighted by Crippen LogP contribution is -2.34. The SMILES string of the molecule is O=C(NS(=O)(=O)CC(O)c1cccc(F)c1)c1ccc(CO)nc1. The minimum absolute atomic E-state index is 0.0176. The first-order valence-corrected chi connectivity index (χ1v) is 8.50. The topological polar surface area (TPSA) is 117 Å². The second kappa shape index (κ2) is 7.47. The van der Waals surface area contributed by atoms with Crippen molar-refractivity contribution < 1.29 is 27.8 Å². The van der Waals surface area contributed by atoms with Gasteiger partial charge < -0.3 is 10.2 Å². The van der Waals surface area contributed by atoms with Crippen molar-refractivity contribution in [1.29, 1.82) is 0 Å². The molecule has 128 valence electrons. The lowest BCUT2D eigenvalue weighted by Gasteiger charge is -2.12. The zero-order chi connectivity index (χ0) is 17.7. The molecule has 0 radical (unpaired) electrons. The van der Waals surface area contributed by atoms with Crippen molar-refractivity contribution in [2.45, 2.75) is 12.7 Å². The number of sulfonamides is 1. The Hall–Kier alpha value is -2.36. The number of aromatic nitrogens is 1. The summed E-state index contributed by atoms with van der Waals surface area (Å²) in [5, 5.41) is 18.8. The van der Waals surface area contributed by atoms with Gasteiger partial charge in [-0.25, -0.2) is 17.5 Å². The lowest BCUT2D eigenvalue weighted by atomic mass is 10.1. The smallest absolute Gasteiger partial charge is 0.266 e. The lowest BCUT2D eigenvalue weighted by molar-refractivity contribution is 0.0980. The minimum atomic E-state index is -4.15. The molecule has 1 aromatic carbocycles. The van der Waals surface area contributed by atoms with Crippen LogP contribution in [0.1, 0.15) is 27.7 Å². The summed E-state index contributed by atoms with van der Waals surface area (Å²) in [6.45, 7) is -0.306. The quantitative estimate of drug-likeness (QED) is 0.696. The third kappa shape index (κ3) is 4.82. The molecule has 0 bridgehead atoms. The van der Waals surface area contributed by atoms with Gasteiger partial charge >= 0.3 is 0 Å². The van der Waals surface area contributed by atoms with E-state index in [1.807, 2.05) is 0 Å². The van der Waals surface area contributed by atoms with Crippen molar-refractivity contribution >= 4 is 15.9 Å². The summed E-state index contributed by atoms with van der Waals surface area (Å²) in [6, 6.07) is 7.58. The Morgan fingerprint density at radius 3 is 2.62 bits per heavy atom. The molecule has 3 N–H and O–H groups in total. The molecule has 0 aliphatic carbocycles. The van der Waals surface area contributed by atoms with Crippen LogP contribution in [0.5, 0.6) is 0 Å². The number of amides is 1. The summed E-state index contributed by atoms with van der Waals surface area (Å²) < 4.78 is 38.8. The highest BCUT2D eigenvalue weighted by molar-refractivity contribution is 7.90. The van der Waals surface area contributed by atoms with Gasteiger partial charge in [-0.2, -0.15) is 0 Å². The normalized spacial score (nSPS) is 12.6. The molecule has 1 amide bonds. The minimum Gasteiger partial charge on any atom is -0.390 e. The average Bonchev–Trinajstić information content (AvgIpc) is 2.54. The van der Waals surface area contributed by atoms with Crippen LogP contribution < -0.4 is 4.72 Å². The number of benzene rings is 1. The van der Waals surface area contributed by atoms with Crippen LogP contribution in [0, 0.1) is 5.82 Å². The Balaban J connectivity index is 2.05. The summed E-state index contributed by atoms with van der Waals surface area (Å²) in [6.07, 6.45) is -0.361. The molecule has 0 aliphatic rings. The van der Waals surface area contributed by atoms with Gasteiger partial charge in [0.05, 0.1) is 29.7 Å². The number of halogens is 1. The predicted octanol–water partition coefficient (Wildman–Crippen LogP) is 0.506. The zero-order valence-corrected chi connectivity index (χ0v) is 13.2. The van der Waals surface area contributed by atoms with Crippen LogP contribution in [0.15, 0.2) is 42.6 Å². The van der Waals surface area contributed by atoms with E-state index < -0.39 is 33.6 Å². The number of hydrogen-bond acceptors (Lipinski definition) is 6. The molecule has 1 aromatic heterocycles. The summed E-state index contributed by atoms with van der Waals surface area (Å²) >= 11 is 0. The number of carbonyl (C=O) groups excluding carboxylic acids is 1. The molecule has 7 nitrogen and oxygen atoms in total. The van der Waals surface area contributed by atoms with E-state index in [1.165, 1.54) is 24.3 Å². The van der Waals surface area contributed by atoms with E-state index >= 15 is 0 Å². The number of aliphatic hydroxyl groups is 2. The van der Waals surface area contributed by atoms with E-state index in [1.54, 1.807) is 4.72 Å². The largest absolute Gasteiger partial charge is 0.390 e. The molecule has 2 aromatic rings. The molecule has 0 spiro atoms. The second-order valence-electron chi connectivity index (χ2n) is 4.98. The van der Waals surface area contributed by atoms with Crippen LogP contribution in [0.25, 0.3) is 0 Å². The Morgan fingerprint density at radius 1 is 1.29 bits per heavy atom. The first-order valence-electron chi connectivity index (χ1n) is 6.85. The number of nitrogens with one attached hydrogen (secondary N) is 1. The van der Waals surface area contributed by atoms with Gasteiger partial charge in [0, 0.05) is 6.20 Å². The van der Waals surface area contributed by atoms with Gasteiger partial charge in [-0.15, -0.1) is 0 Å². The van der Waals surface area contributed by atoms with Crippen molar-refractivity contribution in [3.05, 3.63) is 65.2 Å². The third-order valence-corrected chi connectivity index (χ3v) is 4.36. The number of aliphatic hydroxyl groups excluding tert-OH is 2. The zero-order valence-electron chi connectivity index (χ0n) is 12.4. The third-order valence-electron chi connectivity index (χ3n) is 3.11. The van der Waals surface area contributed by atoms with Crippen molar-refractivity contribution in [3.63, 3.8) is 0 Å². The molecule has 0 saturated heterocycles. The van der Waals surface area contributed by atoms with Gasteiger partial charge in [0.15, 0.2) is 0 Å². The van der Waals surface area contributed by atoms with Gasteiger partial charge in [0.1, 0.15) is 5.82 Å². The highest BCUT2D eigenvalue weighted by Crippen LogP contribution is 2.16. The molecular weight excluding hydrogens is 339 g/mol. The van der Waals surface area contributed by atoms with E-state index in [0.717, 1.165) is 18.3 Å². The molecular formula is C15H15FN2O5S. The van der Waals surface area contributed by atoms with Crippen molar-refractivity contribution in [2.75, 3.05) is 5.75 Å². The molecule has 24 heavy (non-hydrogen) atoms. The maximum atomic E-state index is 13.1. The van der Waals surface area contributed by atoms with Crippen LogP contribution in [0.4, 0.5) is 4.39 Å². The number of nitrogens with zero attached hydrogens (tertiary/aromatic N) is 1. The second-order valence-corrected chi connectivity index (χ2v) is 6.75. The average molecular weight is 354 g/mol. The molecule has 1 atom stereocenters. The Bertz CT molecular complexity index is 824. The van der Waals surface area contributed by atoms with Crippen LogP contribution in [0.2, 0.25) is 0 Å². The van der Waals surface area contributed by atoms with Crippen molar-refractivity contribution in [3.8, 4) is 0 Å². The van der Waals surface area contributed by atoms with Gasteiger partial charge in [-0.1, -0.05) is 12.1 Å². The number of carbonyl (C=O) groups is 1. The fraction of sp³-hybridized carbons (Fsp3) is 0.200. The van der Waals surface area contributed by atoms with E-state index in [9.17, 15) is 22.7 Å². The van der Waals surface area contributed by atoms with E-state index in [0.29, 0.717) is 5.69 Å². The van der Waals surface area contributed by atoms with Crippen molar-refractivity contribution in [2.24, 2.45) is 0 Å². The van der Waals surface area contributed by atoms with Crippen molar-refractivity contribution in [1.82, 2.24) is 9.71 Å². The molecule has 9 heteroatoms. The van der Waals surface area contributed by atoms with Crippen LogP contribution in [-0.4, -0.2) is 35.3 Å². The first kappa shape index (κ1) is 18.0. The van der Waals surface area contributed by atoms with Crippen LogP contribution in [-0.2, 0) is 16.6 Å². The summed E-state index contributed by atoms with van der Waals surface area (Å²) in [5.41, 5.74) is 0.397. The molecule has 0 fully saturated rings. The van der Waals surface area contributed by atoms with Gasteiger partial charge in [-0.05, 0) is 29.8 Å². The van der Waals surface area contributed by atoms with Gasteiger partial charge in [0.25, 0.3) is 5.91 Å². The maximum absolute atomic E-state index is 13.1. The van der Waals surface area contributed by atoms with E-state index in [-0.39, 0.29) is 17.7 Å². The standard InChI is InChI=1S/C15H15FN2O5S/c16-12-3-1-2-10(6-12)14(20)9-24(22,23)18-15(21)11-4-5-13(8-19)17-7-11/h1-7,14,19-20H,8-9H2,(H,18,21). The molecule has 0 saturated carbocycles. The monoisotopic (exact) mass is 354 g/mol. The van der Waals surface area contributed by atoms with Crippen LogP contribution >= 0.6 is 0 Å². The van der Waals surface area contributed by atoms with Gasteiger partial charge in [-0.3, -0.25) is 9.78 Å². The fourth-order valence-corrected chi connectivity index (χ4v) is 3.00. The molecule has 0 aliphatic heterocycles. The highest BCUT2D eigenvalue weighted by atomic mass is 32.2. The maximum Gasteiger partial charge on any atom is 0.266 e. The molecule has 2 rings (SSSR count). The van der Waals surface area contributed by atoms with Gasteiger partial charge in [0.2, 0.25) is 10.0 Å². The Kier molecular flexibility index (Phi) is 5.60. The first-order chi connectivity index (χ1) is 11.3. The Morgan fingerprint density at radius 2 is 2.04 bits per heavy atom. The molecule has 1 heterocycles. The van der Waals surface area contributed by atoms with E-state index in [4.69, 9.17) is 5.11 Å². The Labute approximate surface area is 137 Å². The summed E-state index contributed by atoms with van der Waals surface area (Å²) in [7, 11) is -4.15. The van der Waals surface area contributed by atoms with E-state index in [2.05, 4.69) is 4.98 Å². The van der Waals surface area contributed by atoms with Crippen LogP contribution in [0.3, 0.4) is 0 Å². The molecule has 1 unspecified atom stereocenters. The summed E-state index contributed by atoms with van der Waals surface area (Å²) in [5.74, 6) is -2.33. The number of rotatable bonds is 6. The number of hydrogen-bond donors (Lipinski definition) is 3. The predicted molar refractivity (Wildman–Crippen MR) is 82.8 cm³/mol. The number of pyridine rings is 1. The fourth-order valence-electron chi connectivity index (χ4n) is 1.91. The highest BCUT2D eigenvalue weighted by Gasteiger charge is 2.22. The summed E-state index contributed by atoms with van der Waals surface area (Å²) in [4.78, 5) is 15.7.